The van der Waals surface area contributed by atoms with E-state index in [0.717, 1.165) is 35.2 Å². The van der Waals surface area contributed by atoms with E-state index >= 15 is 0 Å². The van der Waals surface area contributed by atoms with Crippen molar-refractivity contribution < 1.29 is 0 Å². The molecule has 0 heterocycles. The van der Waals surface area contributed by atoms with Crippen LogP contribution < -0.4 is 5.73 Å². The molecule has 4 aliphatic rings. The zero-order valence-electron chi connectivity index (χ0n) is 20.4. The quantitative estimate of drug-likeness (QED) is 0.481. The standard InChI is InChI=1S/C28H45N3/c1-5-6-20-13-22-7-8-23-25-10-9-24(21(16-30)18-31-17-19(2)15-29)27(25,3)12-11-26(23)28(22,4)14-20/h15,17,20-26H,5-14,18,29H2,1-4H3/b19-15-,31-17?. The summed E-state index contributed by atoms with van der Waals surface area (Å²) in [5.41, 5.74) is 7.46. The average Bonchev–Trinajstić information content (AvgIpc) is 3.27. The predicted octanol–water partition coefficient (Wildman–Crippen LogP) is 6.74. The number of nitriles is 1. The second-order valence-corrected chi connectivity index (χ2v) is 12.1. The molecular formula is C28H45N3. The Labute approximate surface area is 191 Å². The molecule has 4 fully saturated rings. The van der Waals surface area contributed by atoms with Crippen LogP contribution in [0.15, 0.2) is 16.8 Å². The van der Waals surface area contributed by atoms with Crippen LogP contribution in [0.2, 0.25) is 0 Å². The summed E-state index contributed by atoms with van der Waals surface area (Å²) in [5.74, 6) is 5.16. The molecule has 31 heavy (non-hydrogen) atoms. The van der Waals surface area contributed by atoms with E-state index in [1.54, 1.807) is 6.20 Å². The third-order valence-electron chi connectivity index (χ3n) is 10.7. The van der Waals surface area contributed by atoms with Gasteiger partial charge in [-0.1, -0.05) is 33.6 Å². The third-order valence-corrected chi connectivity index (χ3v) is 10.7. The Bertz CT molecular complexity index is 748. The molecule has 4 rings (SSSR count). The van der Waals surface area contributed by atoms with Crippen LogP contribution in [-0.4, -0.2) is 12.8 Å². The lowest BCUT2D eigenvalue weighted by molar-refractivity contribution is -0.0884. The molecule has 2 N–H and O–H groups in total. The van der Waals surface area contributed by atoms with Crippen LogP contribution in [0, 0.1) is 63.6 Å². The van der Waals surface area contributed by atoms with Gasteiger partial charge in [0.25, 0.3) is 0 Å². The smallest absolute Gasteiger partial charge is 0.0692 e. The van der Waals surface area contributed by atoms with Gasteiger partial charge in [-0.25, -0.2) is 0 Å². The van der Waals surface area contributed by atoms with Crippen molar-refractivity contribution in [3.63, 3.8) is 0 Å². The Balaban J connectivity index is 1.50. The highest BCUT2D eigenvalue weighted by Gasteiger charge is 2.61. The summed E-state index contributed by atoms with van der Waals surface area (Å²) in [6.45, 7) is 10.2. The number of allylic oxidation sites excluding steroid dienone is 1. The van der Waals surface area contributed by atoms with E-state index < -0.39 is 0 Å². The highest BCUT2D eigenvalue weighted by atomic mass is 14.7. The normalized spacial score (nSPS) is 45.7. The van der Waals surface area contributed by atoms with Gasteiger partial charge in [0.15, 0.2) is 0 Å². The second kappa shape index (κ2) is 8.92. The monoisotopic (exact) mass is 423 g/mol. The van der Waals surface area contributed by atoms with Crippen molar-refractivity contribution >= 4 is 6.21 Å². The molecule has 0 spiro atoms. The molecule has 0 amide bonds. The first-order chi connectivity index (χ1) is 14.9. The van der Waals surface area contributed by atoms with Crippen LogP contribution in [0.1, 0.15) is 91.9 Å². The second-order valence-electron chi connectivity index (χ2n) is 12.1. The highest BCUT2D eigenvalue weighted by molar-refractivity contribution is 5.77. The Morgan fingerprint density at radius 1 is 1.16 bits per heavy atom. The van der Waals surface area contributed by atoms with Gasteiger partial charge in [-0.3, -0.25) is 4.99 Å². The fraction of sp³-hybridized carbons (Fsp3) is 0.857. The van der Waals surface area contributed by atoms with Crippen LogP contribution in [0.5, 0.6) is 0 Å². The number of nitrogens with two attached hydrogens (primary N) is 1. The third kappa shape index (κ3) is 3.87. The molecule has 3 heteroatoms. The van der Waals surface area contributed by atoms with Gasteiger partial charge < -0.3 is 5.73 Å². The fourth-order valence-corrected chi connectivity index (χ4v) is 9.29. The summed E-state index contributed by atoms with van der Waals surface area (Å²) in [4.78, 5) is 4.59. The van der Waals surface area contributed by atoms with E-state index in [4.69, 9.17) is 5.73 Å². The van der Waals surface area contributed by atoms with Gasteiger partial charge in [0.1, 0.15) is 0 Å². The minimum atomic E-state index is 0.0423. The summed E-state index contributed by atoms with van der Waals surface area (Å²) in [6.07, 6.45) is 17.4. The molecule has 0 radical (unpaired) electrons. The maximum atomic E-state index is 10.0. The largest absolute Gasteiger partial charge is 0.404 e. The van der Waals surface area contributed by atoms with Crippen LogP contribution in [0.4, 0.5) is 0 Å². The number of rotatable bonds is 6. The van der Waals surface area contributed by atoms with Gasteiger partial charge in [0.2, 0.25) is 0 Å². The Hall–Kier alpha value is -1.30. The molecule has 9 unspecified atom stereocenters. The van der Waals surface area contributed by atoms with Gasteiger partial charge in [0.05, 0.1) is 18.5 Å². The highest BCUT2D eigenvalue weighted by Crippen LogP contribution is 2.69. The molecule has 3 nitrogen and oxygen atoms in total. The molecule has 4 aliphatic carbocycles. The van der Waals surface area contributed by atoms with E-state index in [9.17, 15) is 5.26 Å². The Morgan fingerprint density at radius 2 is 1.94 bits per heavy atom. The van der Waals surface area contributed by atoms with Crippen molar-refractivity contribution in [1.29, 1.82) is 5.26 Å². The number of fused-ring (bicyclic) bond motifs is 5. The van der Waals surface area contributed by atoms with Gasteiger partial charge in [-0.2, -0.15) is 5.26 Å². The molecule has 4 saturated carbocycles. The zero-order chi connectivity index (χ0) is 22.2. The lowest BCUT2D eigenvalue weighted by Gasteiger charge is -2.58. The lowest BCUT2D eigenvalue weighted by atomic mass is 9.47. The van der Waals surface area contributed by atoms with E-state index in [1.165, 1.54) is 64.2 Å². The van der Waals surface area contributed by atoms with Crippen molar-refractivity contribution in [2.24, 2.45) is 63.0 Å². The van der Waals surface area contributed by atoms with Crippen LogP contribution in [0.3, 0.4) is 0 Å². The van der Waals surface area contributed by atoms with Crippen LogP contribution >= 0.6 is 0 Å². The number of hydrogen-bond acceptors (Lipinski definition) is 3. The molecule has 0 saturated heterocycles. The van der Waals surface area contributed by atoms with Crippen LogP contribution in [-0.2, 0) is 0 Å². The minimum absolute atomic E-state index is 0.0423. The van der Waals surface area contributed by atoms with E-state index in [1.807, 2.05) is 13.1 Å². The van der Waals surface area contributed by atoms with Crippen molar-refractivity contribution in [3.8, 4) is 6.07 Å². The van der Waals surface area contributed by atoms with Gasteiger partial charge >= 0.3 is 0 Å². The topological polar surface area (TPSA) is 62.2 Å². The van der Waals surface area contributed by atoms with E-state index in [0.29, 0.717) is 23.3 Å². The minimum Gasteiger partial charge on any atom is -0.404 e. The number of hydrogen-bond donors (Lipinski definition) is 1. The summed E-state index contributed by atoms with van der Waals surface area (Å²) >= 11 is 0. The summed E-state index contributed by atoms with van der Waals surface area (Å²) in [7, 11) is 0. The molecule has 0 aliphatic heterocycles. The van der Waals surface area contributed by atoms with Crippen molar-refractivity contribution in [2.45, 2.75) is 91.9 Å². The summed E-state index contributed by atoms with van der Waals surface area (Å²) < 4.78 is 0. The molecule has 0 aromatic carbocycles. The van der Waals surface area contributed by atoms with Gasteiger partial charge in [-0.15, -0.1) is 0 Å². The zero-order valence-corrected chi connectivity index (χ0v) is 20.4. The molecular weight excluding hydrogens is 378 g/mol. The van der Waals surface area contributed by atoms with Gasteiger partial charge in [0, 0.05) is 6.21 Å². The maximum Gasteiger partial charge on any atom is 0.0692 e. The van der Waals surface area contributed by atoms with Gasteiger partial charge in [-0.05, 0) is 116 Å². The Kier molecular flexibility index (Phi) is 6.58. The predicted molar refractivity (Wildman–Crippen MR) is 129 cm³/mol. The first-order valence-corrected chi connectivity index (χ1v) is 13.1. The van der Waals surface area contributed by atoms with E-state index in [2.05, 4.69) is 31.8 Å². The fourth-order valence-electron chi connectivity index (χ4n) is 9.29. The summed E-state index contributed by atoms with van der Waals surface area (Å²) in [5, 5.41) is 10.0. The molecule has 9 atom stereocenters. The van der Waals surface area contributed by atoms with Crippen molar-refractivity contribution in [3.05, 3.63) is 11.8 Å². The lowest BCUT2D eigenvalue weighted by Crippen LogP contribution is -2.51. The van der Waals surface area contributed by atoms with Crippen molar-refractivity contribution in [1.82, 2.24) is 0 Å². The summed E-state index contributed by atoms with van der Waals surface area (Å²) in [6, 6.07) is 2.67. The first-order valence-electron chi connectivity index (χ1n) is 13.1. The maximum absolute atomic E-state index is 10.0. The molecule has 172 valence electrons. The average molecular weight is 424 g/mol. The number of aliphatic imine (C=N–C) groups is 1. The SMILES string of the molecule is CCCC1CC2CCC3C(CCC4(C)C(C(C#N)CN=C/C(C)=C\N)CCC34)C2(C)C1. The first kappa shape index (κ1) is 22.9. The number of nitrogens with zero attached hydrogens (tertiary/aromatic N) is 2. The van der Waals surface area contributed by atoms with E-state index in [-0.39, 0.29) is 5.92 Å². The molecule has 0 bridgehead atoms. The molecule has 0 aromatic rings. The van der Waals surface area contributed by atoms with Crippen LogP contribution in [0.25, 0.3) is 0 Å². The molecule has 0 aromatic heterocycles. The Morgan fingerprint density at radius 3 is 2.65 bits per heavy atom. The van der Waals surface area contributed by atoms with Crippen molar-refractivity contribution in [2.75, 3.05) is 6.54 Å².